The van der Waals surface area contributed by atoms with Crippen molar-refractivity contribution in [2.75, 3.05) is 45.9 Å². The highest BCUT2D eigenvalue weighted by atomic mass is 32.2. The zero-order valence-corrected chi connectivity index (χ0v) is 13.4. The molecule has 0 aromatic carbocycles. The molecule has 1 saturated heterocycles. The Morgan fingerprint density at radius 3 is 2.43 bits per heavy atom. The van der Waals surface area contributed by atoms with E-state index in [2.05, 4.69) is 9.64 Å². The molecular formula is C12H26N4O4S. The third-order valence-electron chi connectivity index (χ3n) is 3.34. The van der Waals surface area contributed by atoms with Crippen molar-refractivity contribution in [1.29, 1.82) is 0 Å². The number of unbranched alkanes of at least 4 members (excludes halogenated alkanes) is 2. The SMILES string of the molecule is CCOC(=O)NS(=O)(=O)N1CCN(CCCCCN)CC1. The van der Waals surface area contributed by atoms with Crippen LogP contribution in [0.25, 0.3) is 0 Å². The summed E-state index contributed by atoms with van der Waals surface area (Å²) in [4.78, 5) is 13.4. The number of hydrogen-bond acceptors (Lipinski definition) is 6. The molecule has 0 bridgehead atoms. The molecule has 1 heterocycles. The number of nitrogens with one attached hydrogen (secondary N) is 1. The lowest BCUT2D eigenvalue weighted by atomic mass is 10.2. The zero-order chi connectivity index (χ0) is 15.7. The molecule has 0 aliphatic carbocycles. The molecule has 1 aliphatic heterocycles. The summed E-state index contributed by atoms with van der Waals surface area (Å²) < 4.78 is 31.7. The molecule has 1 aliphatic rings. The average Bonchev–Trinajstić information content (AvgIpc) is 2.44. The number of nitrogens with zero attached hydrogens (tertiary/aromatic N) is 2. The van der Waals surface area contributed by atoms with E-state index in [1.54, 1.807) is 6.92 Å². The van der Waals surface area contributed by atoms with E-state index in [0.29, 0.717) is 32.7 Å². The Morgan fingerprint density at radius 2 is 1.86 bits per heavy atom. The van der Waals surface area contributed by atoms with Crippen molar-refractivity contribution in [1.82, 2.24) is 13.9 Å². The molecular weight excluding hydrogens is 296 g/mol. The molecule has 1 rings (SSSR count). The summed E-state index contributed by atoms with van der Waals surface area (Å²) in [6.07, 6.45) is 2.27. The highest BCUT2D eigenvalue weighted by Crippen LogP contribution is 2.08. The molecule has 0 saturated carbocycles. The maximum absolute atomic E-state index is 12.0. The molecule has 3 N–H and O–H groups in total. The Kier molecular flexibility index (Phi) is 7.94. The van der Waals surface area contributed by atoms with Crippen LogP contribution >= 0.6 is 0 Å². The number of piperazine rings is 1. The highest BCUT2D eigenvalue weighted by molar-refractivity contribution is 7.87. The van der Waals surface area contributed by atoms with Crippen LogP contribution < -0.4 is 10.5 Å². The number of ether oxygens (including phenoxy) is 1. The number of hydrogen-bond donors (Lipinski definition) is 2. The minimum absolute atomic E-state index is 0.137. The van der Waals surface area contributed by atoms with Crippen molar-refractivity contribution < 1.29 is 17.9 Å². The Balaban J connectivity index is 2.32. The molecule has 8 nitrogen and oxygen atoms in total. The number of nitrogens with two attached hydrogens (primary N) is 1. The van der Waals surface area contributed by atoms with Gasteiger partial charge >= 0.3 is 16.3 Å². The average molecular weight is 322 g/mol. The van der Waals surface area contributed by atoms with Gasteiger partial charge < -0.3 is 15.4 Å². The van der Waals surface area contributed by atoms with Crippen molar-refractivity contribution in [2.45, 2.75) is 26.2 Å². The van der Waals surface area contributed by atoms with Gasteiger partial charge in [0.15, 0.2) is 0 Å². The van der Waals surface area contributed by atoms with E-state index in [1.165, 1.54) is 4.31 Å². The van der Waals surface area contributed by atoms with E-state index < -0.39 is 16.3 Å². The minimum atomic E-state index is -3.79. The van der Waals surface area contributed by atoms with Crippen LogP contribution in [0.4, 0.5) is 4.79 Å². The van der Waals surface area contributed by atoms with E-state index in [4.69, 9.17) is 5.73 Å². The molecule has 1 amide bonds. The lowest BCUT2D eigenvalue weighted by molar-refractivity contribution is 0.156. The lowest BCUT2D eigenvalue weighted by Gasteiger charge is -2.33. The van der Waals surface area contributed by atoms with Crippen LogP contribution in [-0.2, 0) is 14.9 Å². The quantitative estimate of drug-likeness (QED) is 0.596. The summed E-state index contributed by atoms with van der Waals surface area (Å²) in [6.45, 7) is 5.54. The number of carbonyl (C=O) groups is 1. The van der Waals surface area contributed by atoms with Gasteiger partial charge in [-0.3, -0.25) is 0 Å². The first-order valence-electron chi connectivity index (χ1n) is 7.36. The third kappa shape index (κ3) is 6.60. The monoisotopic (exact) mass is 322 g/mol. The van der Waals surface area contributed by atoms with Gasteiger partial charge in [0.05, 0.1) is 6.61 Å². The second-order valence-electron chi connectivity index (χ2n) is 4.92. The van der Waals surface area contributed by atoms with E-state index in [9.17, 15) is 13.2 Å². The summed E-state index contributed by atoms with van der Waals surface area (Å²) in [7, 11) is -3.79. The molecule has 0 aromatic rings. The van der Waals surface area contributed by atoms with E-state index >= 15 is 0 Å². The largest absolute Gasteiger partial charge is 0.449 e. The maximum Gasteiger partial charge on any atom is 0.421 e. The van der Waals surface area contributed by atoms with Crippen molar-refractivity contribution in [2.24, 2.45) is 5.73 Å². The Morgan fingerprint density at radius 1 is 1.19 bits per heavy atom. The summed E-state index contributed by atoms with van der Waals surface area (Å²) in [5.41, 5.74) is 5.44. The van der Waals surface area contributed by atoms with Crippen molar-refractivity contribution in [3.05, 3.63) is 0 Å². The number of amides is 1. The van der Waals surface area contributed by atoms with Crippen molar-refractivity contribution in [3.63, 3.8) is 0 Å². The molecule has 0 unspecified atom stereocenters. The first kappa shape index (κ1) is 18.1. The molecule has 124 valence electrons. The van der Waals surface area contributed by atoms with E-state index in [-0.39, 0.29) is 6.61 Å². The molecule has 0 atom stereocenters. The fourth-order valence-corrected chi connectivity index (χ4v) is 3.22. The number of rotatable bonds is 8. The normalized spacial score (nSPS) is 17.6. The predicted octanol–water partition coefficient (Wildman–Crippen LogP) is -0.276. The Hall–Kier alpha value is -0.900. The second kappa shape index (κ2) is 9.19. The van der Waals surface area contributed by atoms with Gasteiger partial charge in [0.25, 0.3) is 0 Å². The summed E-state index contributed by atoms with van der Waals surface area (Å²) in [6, 6.07) is 0. The summed E-state index contributed by atoms with van der Waals surface area (Å²) in [5, 5.41) is 0. The standard InChI is InChI=1S/C12H26N4O4S/c1-2-20-12(17)14-21(18,19)16-10-8-15(9-11-16)7-5-3-4-6-13/h2-11,13H2,1H3,(H,14,17). The third-order valence-corrected chi connectivity index (χ3v) is 4.81. The molecule has 21 heavy (non-hydrogen) atoms. The fraction of sp³-hybridized carbons (Fsp3) is 0.917. The van der Waals surface area contributed by atoms with Crippen molar-refractivity contribution >= 4 is 16.3 Å². The fourth-order valence-electron chi connectivity index (χ4n) is 2.18. The topological polar surface area (TPSA) is 105 Å². The highest BCUT2D eigenvalue weighted by Gasteiger charge is 2.28. The molecule has 0 aromatic heterocycles. The smallest absolute Gasteiger partial charge is 0.421 e. The summed E-state index contributed by atoms with van der Waals surface area (Å²) in [5.74, 6) is 0. The molecule has 9 heteroatoms. The zero-order valence-electron chi connectivity index (χ0n) is 12.6. The Bertz CT molecular complexity index is 407. The predicted molar refractivity (Wildman–Crippen MR) is 80.0 cm³/mol. The first-order valence-corrected chi connectivity index (χ1v) is 8.80. The van der Waals surface area contributed by atoms with Crippen LogP contribution in [0.5, 0.6) is 0 Å². The molecule has 0 radical (unpaired) electrons. The Labute approximate surface area is 126 Å². The van der Waals surface area contributed by atoms with Crippen LogP contribution in [0, 0.1) is 0 Å². The second-order valence-corrected chi connectivity index (χ2v) is 6.59. The van der Waals surface area contributed by atoms with Gasteiger partial charge in [-0.25, -0.2) is 9.52 Å². The van der Waals surface area contributed by atoms with Crippen LogP contribution in [-0.4, -0.2) is 69.6 Å². The van der Waals surface area contributed by atoms with Gasteiger partial charge in [-0.2, -0.15) is 12.7 Å². The lowest BCUT2D eigenvalue weighted by Crippen LogP contribution is -2.53. The minimum Gasteiger partial charge on any atom is -0.449 e. The van der Waals surface area contributed by atoms with Gasteiger partial charge in [0.1, 0.15) is 0 Å². The van der Waals surface area contributed by atoms with Crippen LogP contribution in [0.3, 0.4) is 0 Å². The summed E-state index contributed by atoms with van der Waals surface area (Å²) >= 11 is 0. The molecule has 1 fully saturated rings. The van der Waals surface area contributed by atoms with Gasteiger partial charge in [-0.15, -0.1) is 0 Å². The van der Waals surface area contributed by atoms with Crippen LogP contribution in [0.1, 0.15) is 26.2 Å². The van der Waals surface area contributed by atoms with Gasteiger partial charge in [-0.1, -0.05) is 6.42 Å². The number of carbonyl (C=O) groups excluding carboxylic acids is 1. The maximum atomic E-state index is 12.0. The van der Waals surface area contributed by atoms with Crippen LogP contribution in [0.2, 0.25) is 0 Å². The van der Waals surface area contributed by atoms with Crippen molar-refractivity contribution in [3.8, 4) is 0 Å². The van der Waals surface area contributed by atoms with E-state index in [0.717, 1.165) is 25.8 Å². The first-order chi connectivity index (χ1) is 9.99. The van der Waals surface area contributed by atoms with Crippen LogP contribution in [0.15, 0.2) is 0 Å². The van der Waals surface area contributed by atoms with Gasteiger partial charge in [0, 0.05) is 26.2 Å². The van der Waals surface area contributed by atoms with Gasteiger partial charge in [-0.05, 0) is 32.9 Å². The van der Waals surface area contributed by atoms with Gasteiger partial charge in [0.2, 0.25) is 0 Å². The van der Waals surface area contributed by atoms with E-state index in [1.807, 2.05) is 4.72 Å². The molecule has 0 spiro atoms.